The van der Waals surface area contributed by atoms with Gasteiger partial charge in [0.2, 0.25) is 0 Å². The Morgan fingerprint density at radius 1 is 1.71 bits per heavy atom. The summed E-state index contributed by atoms with van der Waals surface area (Å²) in [5, 5.41) is 0. The largest absolute Gasteiger partial charge is 0.317 e. The van der Waals surface area contributed by atoms with Crippen molar-refractivity contribution in [2.45, 2.75) is 13.8 Å². The van der Waals surface area contributed by atoms with Crippen molar-refractivity contribution >= 4 is 6.29 Å². The average molecular weight is 100 g/mol. The van der Waals surface area contributed by atoms with E-state index in [1.165, 1.54) is 0 Å². The molecule has 2 N–H and O–H groups in total. The normalized spacial score (nSPS) is 10.4. The Bertz CT molecular complexity index is 61.1. The Balaban J connectivity index is 3.33. The van der Waals surface area contributed by atoms with Crippen molar-refractivity contribution in [3.8, 4) is 0 Å². The monoisotopic (exact) mass is 100 g/mol. The highest BCUT2D eigenvalue weighted by Gasteiger charge is 2.04. The van der Waals surface area contributed by atoms with Crippen LogP contribution in [0.1, 0.15) is 13.8 Å². The van der Waals surface area contributed by atoms with Crippen LogP contribution in [-0.4, -0.2) is 6.29 Å². The molecule has 0 amide bonds. The fourth-order valence-electron chi connectivity index (χ4n) is 0.136. The first-order valence-electron chi connectivity index (χ1n) is 2.26. The van der Waals surface area contributed by atoms with Gasteiger partial charge in [-0.25, -0.2) is 0 Å². The molecule has 0 rings (SSSR count). The molecule has 0 fully saturated rings. The van der Waals surface area contributed by atoms with E-state index in [4.69, 9.17) is 5.73 Å². The van der Waals surface area contributed by atoms with Gasteiger partial charge >= 0.3 is 0 Å². The van der Waals surface area contributed by atoms with Crippen LogP contribution in [0.5, 0.6) is 0 Å². The zero-order chi connectivity index (χ0) is 5.86. The minimum absolute atomic E-state index is 0.192. The summed E-state index contributed by atoms with van der Waals surface area (Å²) >= 11 is 0. The molecular formula is C5H10NO. The summed E-state index contributed by atoms with van der Waals surface area (Å²) < 4.78 is 0. The standard InChI is InChI=1S/C5H10NO/c1-4(2)5(6)3-7/h3-4H,6H2,1-2H3. The summed E-state index contributed by atoms with van der Waals surface area (Å²) in [6, 6.07) is 0.417. The molecule has 0 heterocycles. The maximum atomic E-state index is 9.78. The lowest BCUT2D eigenvalue weighted by Crippen LogP contribution is -2.17. The van der Waals surface area contributed by atoms with Crippen molar-refractivity contribution in [2.24, 2.45) is 11.7 Å². The van der Waals surface area contributed by atoms with Crippen LogP contribution in [-0.2, 0) is 4.79 Å². The molecule has 0 unspecified atom stereocenters. The number of carbonyl (C=O) groups is 1. The van der Waals surface area contributed by atoms with E-state index < -0.39 is 0 Å². The molecule has 2 nitrogen and oxygen atoms in total. The Labute approximate surface area is 43.7 Å². The zero-order valence-electron chi connectivity index (χ0n) is 4.64. The quantitative estimate of drug-likeness (QED) is 0.508. The highest BCUT2D eigenvalue weighted by molar-refractivity contribution is 5.67. The van der Waals surface area contributed by atoms with Crippen LogP contribution in [0, 0.1) is 12.0 Å². The third kappa shape index (κ3) is 2.34. The first-order valence-corrected chi connectivity index (χ1v) is 2.26. The Hall–Kier alpha value is -0.370. The number of hydrogen-bond donors (Lipinski definition) is 1. The molecule has 0 aromatic rings. The molecule has 0 aromatic carbocycles. The molecule has 2 heteroatoms. The number of hydrogen-bond acceptors (Lipinski definition) is 2. The van der Waals surface area contributed by atoms with Crippen molar-refractivity contribution < 1.29 is 4.79 Å². The smallest absolute Gasteiger partial charge is 0.142 e. The van der Waals surface area contributed by atoms with Gasteiger partial charge < -0.3 is 10.5 Å². The van der Waals surface area contributed by atoms with Crippen molar-refractivity contribution in [1.29, 1.82) is 0 Å². The summed E-state index contributed by atoms with van der Waals surface area (Å²) in [6.07, 6.45) is 0.685. The van der Waals surface area contributed by atoms with E-state index >= 15 is 0 Å². The van der Waals surface area contributed by atoms with Crippen LogP contribution >= 0.6 is 0 Å². The van der Waals surface area contributed by atoms with Gasteiger partial charge in [-0.1, -0.05) is 13.8 Å². The highest BCUT2D eigenvalue weighted by atomic mass is 16.1. The molecule has 0 bridgehead atoms. The first kappa shape index (κ1) is 6.63. The number of nitrogens with two attached hydrogens (primary N) is 1. The van der Waals surface area contributed by atoms with Gasteiger partial charge in [0.1, 0.15) is 6.29 Å². The Morgan fingerprint density at radius 2 is 2.14 bits per heavy atom. The summed E-state index contributed by atoms with van der Waals surface area (Å²) in [5.74, 6) is 0.192. The topological polar surface area (TPSA) is 43.1 Å². The van der Waals surface area contributed by atoms with E-state index in [9.17, 15) is 4.79 Å². The second kappa shape index (κ2) is 2.75. The van der Waals surface area contributed by atoms with Crippen molar-refractivity contribution in [3.63, 3.8) is 0 Å². The van der Waals surface area contributed by atoms with E-state index in [1.54, 1.807) is 0 Å². The number of rotatable bonds is 2. The molecule has 0 saturated carbocycles. The molecule has 41 valence electrons. The predicted octanol–water partition coefficient (Wildman–Crippen LogP) is 0.332. The molecule has 0 aliphatic carbocycles. The Morgan fingerprint density at radius 3 is 2.14 bits per heavy atom. The van der Waals surface area contributed by atoms with Crippen LogP contribution in [0.15, 0.2) is 0 Å². The minimum atomic E-state index is 0.192. The van der Waals surface area contributed by atoms with Crippen molar-refractivity contribution in [2.75, 3.05) is 0 Å². The number of carbonyl (C=O) groups excluding carboxylic acids is 1. The van der Waals surface area contributed by atoms with Gasteiger partial charge in [-0.15, -0.1) is 0 Å². The second-order valence-electron chi connectivity index (χ2n) is 1.77. The maximum Gasteiger partial charge on any atom is 0.142 e. The molecule has 0 aliphatic heterocycles. The average Bonchev–Trinajstić information content (AvgIpc) is 1.65. The third-order valence-corrected chi connectivity index (χ3v) is 0.803. The molecule has 0 saturated heterocycles. The summed E-state index contributed by atoms with van der Waals surface area (Å²) in [4.78, 5) is 9.78. The summed E-state index contributed by atoms with van der Waals surface area (Å²) in [7, 11) is 0. The van der Waals surface area contributed by atoms with Crippen LogP contribution < -0.4 is 5.73 Å². The fraction of sp³-hybridized carbons (Fsp3) is 0.600. The van der Waals surface area contributed by atoms with E-state index in [0.717, 1.165) is 0 Å². The lowest BCUT2D eigenvalue weighted by atomic mass is 10.1. The minimum Gasteiger partial charge on any atom is -0.317 e. The van der Waals surface area contributed by atoms with Gasteiger partial charge in [0.25, 0.3) is 0 Å². The molecule has 0 spiro atoms. The molecule has 7 heavy (non-hydrogen) atoms. The molecule has 1 radical (unpaired) electrons. The zero-order valence-corrected chi connectivity index (χ0v) is 4.64. The lowest BCUT2D eigenvalue weighted by Gasteiger charge is -2.03. The van der Waals surface area contributed by atoms with Gasteiger partial charge in [0.05, 0.1) is 6.04 Å². The lowest BCUT2D eigenvalue weighted by molar-refractivity contribution is -0.107. The fourth-order valence-corrected chi connectivity index (χ4v) is 0.136. The van der Waals surface area contributed by atoms with E-state index in [0.29, 0.717) is 12.3 Å². The molecule has 0 aliphatic rings. The van der Waals surface area contributed by atoms with E-state index in [-0.39, 0.29) is 5.92 Å². The van der Waals surface area contributed by atoms with Gasteiger partial charge in [0, 0.05) is 0 Å². The van der Waals surface area contributed by atoms with Crippen LogP contribution in [0.3, 0.4) is 0 Å². The van der Waals surface area contributed by atoms with Crippen LogP contribution in [0.25, 0.3) is 0 Å². The third-order valence-electron chi connectivity index (χ3n) is 0.803. The van der Waals surface area contributed by atoms with Crippen LogP contribution in [0.4, 0.5) is 0 Å². The maximum absolute atomic E-state index is 9.78. The van der Waals surface area contributed by atoms with Gasteiger partial charge in [-0.05, 0) is 5.92 Å². The van der Waals surface area contributed by atoms with E-state index in [2.05, 4.69) is 0 Å². The van der Waals surface area contributed by atoms with Gasteiger partial charge in [0.15, 0.2) is 0 Å². The molecular weight excluding hydrogens is 90.1 g/mol. The Kier molecular flexibility index (Phi) is 2.60. The SMILES string of the molecule is CC(C)[C](N)C=O. The molecule has 0 aromatic heterocycles. The van der Waals surface area contributed by atoms with Gasteiger partial charge in [-0.2, -0.15) is 0 Å². The van der Waals surface area contributed by atoms with Crippen molar-refractivity contribution in [3.05, 3.63) is 6.04 Å². The highest BCUT2D eigenvalue weighted by Crippen LogP contribution is 2.00. The van der Waals surface area contributed by atoms with Crippen molar-refractivity contribution in [1.82, 2.24) is 0 Å². The summed E-state index contributed by atoms with van der Waals surface area (Å²) in [5.41, 5.74) is 5.16. The van der Waals surface area contributed by atoms with Crippen LogP contribution in [0.2, 0.25) is 0 Å². The summed E-state index contributed by atoms with van der Waals surface area (Å²) in [6.45, 7) is 3.76. The predicted molar refractivity (Wildman–Crippen MR) is 28.3 cm³/mol. The first-order chi connectivity index (χ1) is 3.18. The van der Waals surface area contributed by atoms with E-state index in [1.807, 2.05) is 13.8 Å². The van der Waals surface area contributed by atoms with Gasteiger partial charge in [-0.3, -0.25) is 0 Å². The second-order valence-corrected chi connectivity index (χ2v) is 1.77. The molecule has 0 atom stereocenters. The number of aldehydes is 1.